The predicted molar refractivity (Wildman–Crippen MR) is 78.7 cm³/mol. The Morgan fingerprint density at radius 2 is 2.11 bits per heavy atom. The highest BCUT2D eigenvalue weighted by atomic mass is 32.1. The third kappa shape index (κ3) is 2.93. The average molecular weight is 279 g/mol. The zero-order valence-corrected chi connectivity index (χ0v) is 12.2. The van der Waals surface area contributed by atoms with Crippen LogP contribution in [-0.2, 0) is 13.0 Å². The van der Waals surface area contributed by atoms with Crippen molar-refractivity contribution in [2.24, 2.45) is 0 Å². The first kappa shape index (κ1) is 14.0. The van der Waals surface area contributed by atoms with E-state index in [0.29, 0.717) is 5.69 Å². The van der Waals surface area contributed by atoms with Crippen LogP contribution in [0.5, 0.6) is 0 Å². The van der Waals surface area contributed by atoms with E-state index in [-0.39, 0.29) is 5.82 Å². The Morgan fingerprint density at radius 1 is 1.37 bits per heavy atom. The molecule has 0 bridgehead atoms. The van der Waals surface area contributed by atoms with Gasteiger partial charge in [0.1, 0.15) is 5.82 Å². The van der Waals surface area contributed by atoms with Gasteiger partial charge in [-0.05, 0) is 25.6 Å². The van der Waals surface area contributed by atoms with Gasteiger partial charge in [0, 0.05) is 18.5 Å². The summed E-state index contributed by atoms with van der Waals surface area (Å²) in [6.45, 7) is 2.88. The van der Waals surface area contributed by atoms with Gasteiger partial charge in [0.05, 0.1) is 11.4 Å². The molecular formula is C14H18FN3S. The van der Waals surface area contributed by atoms with Gasteiger partial charge in [0.2, 0.25) is 0 Å². The van der Waals surface area contributed by atoms with E-state index in [0.717, 1.165) is 23.8 Å². The molecule has 1 N–H and O–H groups in total. The molecular weight excluding hydrogens is 261 g/mol. The lowest BCUT2D eigenvalue weighted by molar-refractivity contribution is 0.627. The molecule has 2 rings (SSSR count). The Hall–Kier alpha value is -1.46. The molecule has 0 radical (unpaired) electrons. The summed E-state index contributed by atoms with van der Waals surface area (Å²) in [5, 5.41) is 3.97. The van der Waals surface area contributed by atoms with Gasteiger partial charge in [-0.2, -0.15) is 0 Å². The SMILES string of the molecule is CCc1nc(N(C)c2ccccc2F)sc1CNC. The third-order valence-corrected chi connectivity index (χ3v) is 4.11. The molecule has 0 atom stereocenters. The van der Waals surface area contributed by atoms with Crippen LogP contribution in [0.4, 0.5) is 15.2 Å². The van der Waals surface area contributed by atoms with Crippen molar-refractivity contribution in [2.75, 3.05) is 19.0 Å². The fourth-order valence-corrected chi connectivity index (χ4v) is 3.05. The van der Waals surface area contributed by atoms with E-state index in [1.54, 1.807) is 28.4 Å². The molecule has 0 aliphatic carbocycles. The molecule has 0 aliphatic heterocycles. The highest BCUT2D eigenvalue weighted by Crippen LogP contribution is 2.32. The number of nitrogens with zero attached hydrogens (tertiary/aromatic N) is 2. The first-order valence-electron chi connectivity index (χ1n) is 6.28. The number of anilines is 2. The molecule has 0 aliphatic rings. The smallest absolute Gasteiger partial charge is 0.190 e. The maximum atomic E-state index is 13.8. The number of hydrogen-bond acceptors (Lipinski definition) is 4. The Morgan fingerprint density at radius 3 is 2.74 bits per heavy atom. The minimum atomic E-state index is -0.228. The summed E-state index contributed by atoms with van der Waals surface area (Å²) in [6, 6.07) is 6.75. The predicted octanol–water partition coefficient (Wildman–Crippen LogP) is 3.33. The van der Waals surface area contributed by atoms with Crippen LogP contribution < -0.4 is 10.2 Å². The van der Waals surface area contributed by atoms with Crippen molar-refractivity contribution < 1.29 is 4.39 Å². The Balaban J connectivity index is 2.34. The summed E-state index contributed by atoms with van der Waals surface area (Å²) in [5.74, 6) is -0.228. The van der Waals surface area contributed by atoms with Gasteiger partial charge < -0.3 is 10.2 Å². The molecule has 0 spiro atoms. The zero-order valence-electron chi connectivity index (χ0n) is 11.4. The van der Waals surface area contributed by atoms with Crippen molar-refractivity contribution in [3.05, 3.63) is 40.7 Å². The number of aryl methyl sites for hydroxylation is 1. The van der Waals surface area contributed by atoms with Crippen molar-refractivity contribution in [2.45, 2.75) is 19.9 Å². The maximum Gasteiger partial charge on any atom is 0.190 e. The molecule has 0 amide bonds. The molecule has 0 fully saturated rings. The van der Waals surface area contributed by atoms with Crippen LogP contribution in [-0.4, -0.2) is 19.1 Å². The molecule has 1 heterocycles. The Kier molecular flexibility index (Phi) is 4.50. The van der Waals surface area contributed by atoms with Crippen LogP contribution in [0.1, 0.15) is 17.5 Å². The average Bonchev–Trinajstić information content (AvgIpc) is 2.82. The van der Waals surface area contributed by atoms with E-state index in [4.69, 9.17) is 0 Å². The molecule has 1 aromatic carbocycles. The number of aromatic nitrogens is 1. The molecule has 0 unspecified atom stereocenters. The van der Waals surface area contributed by atoms with Crippen LogP contribution in [0.25, 0.3) is 0 Å². The largest absolute Gasteiger partial charge is 0.318 e. The van der Waals surface area contributed by atoms with Gasteiger partial charge in [0.15, 0.2) is 5.13 Å². The van der Waals surface area contributed by atoms with Crippen LogP contribution >= 0.6 is 11.3 Å². The first-order valence-corrected chi connectivity index (χ1v) is 7.10. The summed E-state index contributed by atoms with van der Waals surface area (Å²) in [5.41, 5.74) is 1.63. The Labute approximate surface area is 117 Å². The standard InChI is InChI=1S/C14H18FN3S/c1-4-11-13(9-16-2)19-14(17-11)18(3)12-8-6-5-7-10(12)15/h5-8,16H,4,9H2,1-3H3. The van der Waals surface area contributed by atoms with Crippen molar-refractivity contribution in [1.82, 2.24) is 10.3 Å². The summed E-state index contributed by atoms with van der Waals surface area (Å²) < 4.78 is 13.8. The van der Waals surface area contributed by atoms with Gasteiger partial charge in [-0.3, -0.25) is 0 Å². The van der Waals surface area contributed by atoms with Crippen LogP contribution in [0.3, 0.4) is 0 Å². The molecule has 19 heavy (non-hydrogen) atoms. The fraction of sp³-hybridized carbons (Fsp3) is 0.357. The van der Waals surface area contributed by atoms with E-state index in [9.17, 15) is 4.39 Å². The maximum absolute atomic E-state index is 13.8. The lowest BCUT2D eigenvalue weighted by atomic mass is 10.3. The lowest BCUT2D eigenvalue weighted by Crippen LogP contribution is -2.10. The number of para-hydroxylation sites is 1. The van der Waals surface area contributed by atoms with E-state index in [1.807, 2.05) is 20.2 Å². The van der Waals surface area contributed by atoms with E-state index in [2.05, 4.69) is 17.2 Å². The van der Waals surface area contributed by atoms with Gasteiger partial charge in [-0.15, -0.1) is 0 Å². The monoisotopic (exact) mass is 279 g/mol. The molecule has 0 saturated carbocycles. The van der Waals surface area contributed by atoms with Crippen LogP contribution in [0.15, 0.2) is 24.3 Å². The third-order valence-electron chi connectivity index (χ3n) is 2.94. The van der Waals surface area contributed by atoms with E-state index >= 15 is 0 Å². The highest BCUT2D eigenvalue weighted by molar-refractivity contribution is 7.15. The minimum absolute atomic E-state index is 0.228. The first-order chi connectivity index (χ1) is 9.17. The van der Waals surface area contributed by atoms with Crippen molar-refractivity contribution >= 4 is 22.2 Å². The second-order valence-corrected chi connectivity index (χ2v) is 5.32. The van der Waals surface area contributed by atoms with E-state index in [1.165, 1.54) is 10.9 Å². The molecule has 1 aromatic heterocycles. The zero-order chi connectivity index (χ0) is 13.8. The molecule has 5 heteroatoms. The number of benzene rings is 1. The normalized spacial score (nSPS) is 10.7. The fourth-order valence-electron chi connectivity index (χ4n) is 1.91. The second-order valence-electron chi connectivity index (χ2n) is 4.26. The number of nitrogens with one attached hydrogen (secondary N) is 1. The molecule has 3 nitrogen and oxygen atoms in total. The van der Waals surface area contributed by atoms with Gasteiger partial charge in [-0.25, -0.2) is 9.37 Å². The van der Waals surface area contributed by atoms with Gasteiger partial charge >= 0.3 is 0 Å². The highest BCUT2D eigenvalue weighted by Gasteiger charge is 2.15. The number of rotatable bonds is 5. The second kappa shape index (κ2) is 6.12. The summed E-state index contributed by atoms with van der Waals surface area (Å²) in [7, 11) is 3.76. The topological polar surface area (TPSA) is 28.2 Å². The summed E-state index contributed by atoms with van der Waals surface area (Å²) in [6.07, 6.45) is 0.888. The Bertz CT molecular complexity index is 553. The van der Waals surface area contributed by atoms with Crippen LogP contribution in [0.2, 0.25) is 0 Å². The van der Waals surface area contributed by atoms with Crippen molar-refractivity contribution in [1.29, 1.82) is 0 Å². The summed E-state index contributed by atoms with van der Waals surface area (Å²) in [4.78, 5) is 7.62. The molecule has 102 valence electrons. The van der Waals surface area contributed by atoms with Crippen LogP contribution in [0, 0.1) is 5.82 Å². The summed E-state index contributed by atoms with van der Waals surface area (Å²) >= 11 is 1.61. The minimum Gasteiger partial charge on any atom is -0.318 e. The molecule has 2 aromatic rings. The lowest BCUT2D eigenvalue weighted by Gasteiger charge is -2.16. The molecule has 0 saturated heterocycles. The van der Waals surface area contributed by atoms with Gasteiger partial charge in [-0.1, -0.05) is 30.4 Å². The number of halogens is 1. The quantitative estimate of drug-likeness (QED) is 0.910. The van der Waals surface area contributed by atoms with Crippen molar-refractivity contribution in [3.63, 3.8) is 0 Å². The van der Waals surface area contributed by atoms with Crippen molar-refractivity contribution in [3.8, 4) is 0 Å². The number of hydrogen-bond donors (Lipinski definition) is 1. The number of thiazole rings is 1. The van der Waals surface area contributed by atoms with Gasteiger partial charge in [0.25, 0.3) is 0 Å². The van der Waals surface area contributed by atoms with E-state index < -0.39 is 0 Å².